The molecule has 0 saturated carbocycles. The van der Waals surface area contributed by atoms with E-state index in [2.05, 4.69) is 5.32 Å². The summed E-state index contributed by atoms with van der Waals surface area (Å²) in [5.41, 5.74) is 1.38. The summed E-state index contributed by atoms with van der Waals surface area (Å²) >= 11 is 6.05. The standard InChI is InChI=1S/C26H36ClN3O4S/c1-5-20(3)28-26(32)24(6-2)29(19-21-12-8-7-9-13-21)25(31)16-11-17-30(35(4,33)34)23-15-10-14-22(27)18-23/h7-10,12-15,18,20,24H,5-6,11,16-17,19H2,1-4H3,(H,28,32)/t20-,24+/m1/s1. The van der Waals surface area contributed by atoms with Gasteiger partial charge in [0.05, 0.1) is 11.9 Å². The number of anilines is 1. The molecule has 0 aliphatic heterocycles. The van der Waals surface area contributed by atoms with E-state index in [-0.39, 0.29) is 30.8 Å². The summed E-state index contributed by atoms with van der Waals surface area (Å²) in [4.78, 5) is 28.0. The highest BCUT2D eigenvalue weighted by Crippen LogP contribution is 2.23. The second-order valence-corrected chi connectivity index (χ2v) is 11.0. The van der Waals surface area contributed by atoms with Crippen molar-refractivity contribution in [2.75, 3.05) is 17.1 Å². The summed E-state index contributed by atoms with van der Waals surface area (Å²) in [7, 11) is -3.57. The van der Waals surface area contributed by atoms with Crippen molar-refractivity contribution in [2.24, 2.45) is 0 Å². The fourth-order valence-corrected chi connectivity index (χ4v) is 4.92. The molecule has 7 nitrogen and oxygen atoms in total. The van der Waals surface area contributed by atoms with Gasteiger partial charge in [0.1, 0.15) is 6.04 Å². The van der Waals surface area contributed by atoms with Crippen LogP contribution in [-0.4, -0.2) is 50.0 Å². The molecule has 0 heterocycles. The third-order valence-electron chi connectivity index (χ3n) is 5.83. The van der Waals surface area contributed by atoms with Gasteiger partial charge in [0.25, 0.3) is 0 Å². The smallest absolute Gasteiger partial charge is 0.243 e. The normalized spacial score (nSPS) is 13.1. The molecule has 2 aromatic carbocycles. The minimum absolute atomic E-state index is 0.00578. The Morgan fingerprint density at radius 1 is 1.03 bits per heavy atom. The highest BCUT2D eigenvalue weighted by molar-refractivity contribution is 7.92. The first kappa shape index (κ1) is 28.7. The predicted octanol–water partition coefficient (Wildman–Crippen LogP) is 4.61. The number of nitrogens with one attached hydrogen (secondary N) is 1. The van der Waals surface area contributed by atoms with Gasteiger partial charge in [-0.3, -0.25) is 13.9 Å². The summed E-state index contributed by atoms with van der Waals surface area (Å²) in [5.74, 6) is -0.373. The first-order chi connectivity index (χ1) is 16.6. The van der Waals surface area contributed by atoms with Crippen LogP contribution in [0.1, 0.15) is 52.0 Å². The van der Waals surface area contributed by atoms with Gasteiger partial charge < -0.3 is 10.2 Å². The molecule has 0 radical (unpaired) electrons. The topological polar surface area (TPSA) is 86.8 Å². The molecule has 2 rings (SSSR count). The van der Waals surface area contributed by atoms with Gasteiger partial charge in [0, 0.05) is 30.6 Å². The maximum absolute atomic E-state index is 13.4. The fraction of sp³-hybridized carbons (Fsp3) is 0.462. The number of carbonyl (C=O) groups excluding carboxylic acids is 2. The summed E-state index contributed by atoms with van der Waals surface area (Å²) < 4.78 is 26.1. The van der Waals surface area contributed by atoms with Gasteiger partial charge in [-0.25, -0.2) is 8.42 Å². The van der Waals surface area contributed by atoms with E-state index in [1.807, 2.05) is 51.1 Å². The van der Waals surface area contributed by atoms with Gasteiger partial charge in [-0.05, 0) is 49.9 Å². The quantitative estimate of drug-likeness (QED) is 0.417. The molecule has 0 saturated heterocycles. The van der Waals surface area contributed by atoms with E-state index >= 15 is 0 Å². The van der Waals surface area contributed by atoms with E-state index in [1.165, 1.54) is 4.31 Å². The average molecular weight is 522 g/mol. The highest BCUT2D eigenvalue weighted by atomic mass is 35.5. The van der Waals surface area contributed by atoms with E-state index in [0.29, 0.717) is 30.1 Å². The summed E-state index contributed by atoms with van der Waals surface area (Å²) in [6.45, 7) is 6.24. The third kappa shape index (κ3) is 8.85. The zero-order chi connectivity index (χ0) is 26.0. The van der Waals surface area contributed by atoms with E-state index in [0.717, 1.165) is 18.2 Å². The Kier molecular flexibility index (Phi) is 11.0. The number of halogens is 1. The van der Waals surface area contributed by atoms with E-state index < -0.39 is 16.1 Å². The molecule has 1 N–H and O–H groups in total. The minimum atomic E-state index is -3.57. The molecule has 0 bridgehead atoms. The predicted molar refractivity (Wildman–Crippen MR) is 142 cm³/mol. The summed E-state index contributed by atoms with van der Waals surface area (Å²) in [5, 5.41) is 3.42. The Morgan fingerprint density at radius 3 is 2.29 bits per heavy atom. The molecule has 0 aliphatic carbocycles. The summed E-state index contributed by atoms with van der Waals surface area (Å²) in [6.07, 6.45) is 2.79. The SMILES string of the molecule is CC[C@@H](C)NC(=O)[C@H](CC)N(Cc1ccccc1)C(=O)CCCN(c1cccc(Cl)c1)S(C)(=O)=O. The molecule has 0 unspecified atom stereocenters. The van der Waals surface area contributed by atoms with Crippen molar-refractivity contribution in [3.8, 4) is 0 Å². The first-order valence-corrected chi connectivity index (χ1v) is 14.2. The summed E-state index contributed by atoms with van der Waals surface area (Å²) in [6, 6.07) is 15.5. The molecule has 0 spiro atoms. The molecule has 0 aliphatic rings. The van der Waals surface area contributed by atoms with Crippen molar-refractivity contribution < 1.29 is 18.0 Å². The Labute approximate surface area is 214 Å². The second-order valence-electron chi connectivity index (χ2n) is 8.67. The van der Waals surface area contributed by atoms with Crippen LogP contribution in [0.15, 0.2) is 54.6 Å². The van der Waals surface area contributed by atoms with Crippen LogP contribution in [0.4, 0.5) is 5.69 Å². The van der Waals surface area contributed by atoms with Crippen LogP contribution in [0.2, 0.25) is 5.02 Å². The molecule has 0 aromatic heterocycles. The molecule has 2 aromatic rings. The monoisotopic (exact) mass is 521 g/mol. The van der Waals surface area contributed by atoms with Crippen molar-refractivity contribution in [1.29, 1.82) is 0 Å². The van der Waals surface area contributed by atoms with E-state index in [1.54, 1.807) is 29.2 Å². The zero-order valence-electron chi connectivity index (χ0n) is 20.9. The lowest BCUT2D eigenvalue weighted by Crippen LogP contribution is -2.50. The van der Waals surface area contributed by atoms with Gasteiger partial charge in [0.2, 0.25) is 21.8 Å². The maximum Gasteiger partial charge on any atom is 0.243 e. The van der Waals surface area contributed by atoms with E-state index in [4.69, 9.17) is 11.6 Å². The number of hydrogen-bond donors (Lipinski definition) is 1. The molecule has 9 heteroatoms. The minimum Gasteiger partial charge on any atom is -0.352 e. The van der Waals surface area contributed by atoms with Crippen molar-refractivity contribution in [2.45, 2.75) is 65.1 Å². The van der Waals surface area contributed by atoms with Gasteiger partial charge in [0.15, 0.2) is 0 Å². The van der Waals surface area contributed by atoms with Crippen molar-refractivity contribution in [3.05, 3.63) is 65.2 Å². The van der Waals surface area contributed by atoms with Gasteiger partial charge in [-0.15, -0.1) is 0 Å². The highest BCUT2D eigenvalue weighted by Gasteiger charge is 2.29. The number of sulfonamides is 1. The third-order valence-corrected chi connectivity index (χ3v) is 7.26. The Morgan fingerprint density at radius 2 is 1.71 bits per heavy atom. The molecule has 0 fully saturated rings. The number of carbonyl (C=O) groups is 2. The van der Waals surface area contributed by atoms with Crippen molar-refractivity contribution in [3.63, 3.8) is 0 Å². The lowest BCUT2D eigenvalue weighted by molar-refractivity contribution is -0.141. The van der Waals surface area contributed by atoms with Crippen LogP contribution in [0.25, 0.3) is 0 Å². The number of rotatable bonds is 13. The number of benzene rings is 2. The fourth-order valence-electron chi connectivity index (χ4n) is 3.78. The molecule has 2 atom stereocenters. The first-order valence-electron chi connectivity index (χ1n) is 11.9. The van der Waals surface area contributed by atoms with Gasteiger partial charge in [-0.2, -0.15) is 0 Å². The largest absolute Gasteiger partial charge is 0.352 e. The number of nitrogens with zero attached hydrogens (tertiary/aromatic N) is 2. The van der Waals surface area contributed by atoms with Gasteiger partial charge in [-0.1, -0.05) is 61.8 Å². The van der Waals surface area contributed by atoms with E-state index in [9.17, 15) is 18.0 Å². The van der Waals surface area contributed by atoms with Crippen LogP contribution < -0.4 is 9.62 Å². The second kappa shape index (κ2) is 13.5. The van der Waals surface area contributed by atoms with Crippen LogP contribution in [0.3, 0.4) is 0 Å². The zero-order valence-corrected chi connectivity index (χ0v) is 22.5. The van der Waals surface area contributed by atoms with Gasteiger partial charge >= 0.3 is 0 Å². The number of amides is 2. The lowest BCUT2D eigenvalue weighted by atomic mass is 10.1. The molecular weight excluding hydrogens is 486 g/mol. The Hall–Kier alpha value is -2.58. The Bertz CT molecular complexity index is 1080. The lowest BCUT2D eigenvalue weighted by Gasteiger charge is -2.32. The van der Waals surface area contributed by atoms with Crippen molar-refractivity contribution in [1.82, 2.24) is 10.2 Å². The van der Waals surface area contributed by atoms with Crippen molar-refractivity contribution >= 4 is 39.1 Å². The van der Waals surface area contributed by atoms with Crippen LogP contribution in [0.5, 0.6) is 0 Å². The van der Waals surface area contributed by atoms with Crippen LogP contribution in [0, 0.1) is 0 Å². The number of hydrogen-bond acceptors (Lipinski definition) is 4. The maximum atomic E-state index is 13.4. The molecule has 192 valence electrons. The van der Waals surface area contributed by atoms with Crippen LogP contribution >= 0.6 is 11.6 Å². The molecule has 35 heavy (non-hydrogen) atoms. The molecular formula is C26H36ClN3O4S. The van der Waals surface area contributed by atoms with Crippen LogP contribution in [-0.2, 0) is 26.2 Å². The molecule has 2 amide bonds. The Balaban J connectivity index is 2.19. The average Bonchev–Trinajstić information content (AvgIpc) is 2.81.